The first-order valence-electron chi connectivity index (χ1n) is 5.83. The van der Waals surface area contributed by atoms with E-state index in [1.165, 1.54) is 39.0 Å². The minimum atomic E-state index is -0.0458. The summed E-state index contributed by atoms with van der Waals surface area (Å²) in [5.74, 6) is 0.572. The number of amides is 1. The third-order valence-electron chi connectivity index (χ3n) is 3.08. The number of rotatable bonds is 4. The summed E-state index contributed by atoms with van der Waals surface area (Å²) >= 11 is 0. The molecule has 0 spiro atoms. The van der Waals surface area contributed by atoms with Crippen LogP contribution in [0.1, 0.15) is 45.4 Å². The fraction of sp³-hybridized carbons (Fsp3) is 0.833. The Hall–Kier alpha value is -0.860. The van der Waals surface area contributed by atoms with E-state index in [4.69, 9.17) is 0 Å². The number of ketones is 1. The van der Waals surface area contributed by atoms with Crippen molar-refractivity contribution in [1.82, 2.24) is 4.90 Å². The van der Waals surface area contributed by atoms with Gasteiger partial charge in [0.2, 0.25) is 5.91 Å². The highest BCUT2D eigenvalue weighted by Crippen LogP contribution is 2.24. The minimum absolute atomic E-state index is 0.0342. The summed E-state index contributed by atoms with van der Waals surface area (Å²) < 4.78 is 0. The summed E-state index contributed by atoms with van der Waals surface area (Å²) in [5.41, 5.74) is 0. The van der Waals surface area contributed by atoms with E-state index in [1.54, 1.807) is 11.9 Å². The van der Waals surface area contributed by atoms with Gasteiger partial charge in [0.15, 0.2) is 0 Å². The predicted octanol–water partition coefficient (Wildman–Crippen LogP) is 2.00. The summed E-state index contributed by atoms with van der Waals surface area (Å²) in [6.45, 7) is 2.29. The van der Waals surface area contributed by atoms with Crippen molar-refractivity contribution in [3.8, 4) is 0 Å². The average Bonchev–Trinajstić information content (AvgIpc) is 2.18. The van der Waals surface area contributed by atoms with Crippen molar-refractivity contribution in [2.24, 2.45) is 5.92 Å². The maximum atomic E-state index is 11.5. The van der Waals surface area contributed by atoms with E-state index in [0.717, 1.165) is 6.54 Å². The number of carbonyl (C=O) groups excluding carboxylic acids is 2. The molecule has 0 aromatic carbocycles. The van der Waals surface area contributed by atoms with Crippen LogP contribution < -0.4 is 0 Å². The highest BCUT2D eigenvalue weighted by Gasteiger charge is 2.18. The van der Waals surface area contributed by atoms with Crippen LogP contribution in [0.15, 0.2) is 0 Å². The van der Waals surface area contributed by atoms with Crippen molar-refractivity contribution in [2.45, 2.75) is 45.4 Å². The van der Waals surface area contributed by atoms with Crippen LogP contribution in [-0.4, -0.2) is 30.2 Å². The molecule has 1 saturated carbocycles. The molecule has 0 aliphatic heterocycles. The second-order valence-electron chi connectivity index (χ2n) is 4.66. The Morgan fingerprint density at radius 1 is 1.20 bits per heavy atom. The summed E-state index contributed by atoms with van der Waals surface area (Å²) in [6.07, 6.45) is 6.44. The van der Waals surface area contributed by atoms with Crippen LogP contribution in [-0.2, 0) is 9.59 Å². The first kappa shape index (κ1) is 12.2. The topological polar surface area (TPSA) is 37.4 Å². The van der Waals surface area contributed by atoms with Gasteiger partial charge in [-0.1, -0.05) is 19.3 Å². The fourth-order valence-corrected chi connectivity index (χ4v) is 2.21. The zero-order chi connectivity index (χ0) is 11.3. The normalized spacial score (nSPS) is 17.5. The van der Waals surface area contributed by atoms with E-state index in [0.29, 0.717) is 5.92 Å². The molecule has 0 radical (unpaired) electrons. The van der Waals surface area contributed by atoms with Gasteiger partial charge in [-0.2, -0.15) is 0 Å². The maximum absolute atomic E-state index is 11.5. The molecule has 1 aliphatic rings. The van der Waals surface area contributed by atoms with E-state index in [2.05, 4.69) is 0 Å². The SMILES string of the molecule is CC(=O)CC(=O)N(C)CC1CCCCC1. The van der Waals surface area contributed by atoms with E-state index < -0.39 is 0 Å². The van der Waals surface area contributed by atoms with Crippen LogP contribution in [0, 0.1) is 5.92 Å². The van der Waals surface area contributed by atoms with Crippen molar-refractivity contribution >= 4 is 11.7 Å². The highest BCUT2D eigenvalue weighted by molar-refractivity contribution is 5.96. The molecule has 0 unspecified atom stereocenters. The number of hydrogen-bond acceptors (Lipinski definition) is 2. The largest absolute Gasteiger partial charge is 0.345 e. The first-order valence-corrected chi connectivity index (χ1v) is 5.83. The van der Waals surface area contributed by atoms with Crippen LogP contribution in [0.4, 0.5) is 0 Å². The Morgan fingerprint density at radius 3 is 2.33 bits per heavy atom. The molecule has 0 N–H and O–H groups in total. The number of hydrogen-bond donors (Lipinski definition) is 0. The molecular formula is C12H21NO2. The summed E-state index contributed by atoms with van der Waals surface area (Å²) in [6, 6.07) is 0. The van der Waals surface area contributed by atoms with E-state index >= 15 is 0 Å². The van der Waals surface area contributed by atoms with Gasteiger partial charge in [-0.25, -0.2) is 0 Å². The molecular weight excluding hydrogens is 190 g/mol. The van der Waals surface area contributed by atoms with E-state index in [1.807, 2.05) is 0 Å². The van der Waals surface area contributed by atoms with Gasteiger partial charge in [-0.15, -0.1) is 0 Å². The van der Waals surface area contributed by atoms with Crippen molar-refractivity contribution in [3.63, 3.8) is 0 Å². The molecule has 1 fully saturated rings. The lowest BCUT2D eigenvalue weighted by atomic mass is 9.89. The minimum Gasteiger partial charge on any atom is -0.345 e. The van der Waals surface area contributed by atoms with E-state index in [9.17, 15) is 9.59 Å². The number of nitrogens with zero attached hydrogens (tertiary/aromatic N) is 1. The van der Waals surface area contributed by atoms with Gasteiger partial charge in [0.05, 0.1) is 6.42 Å². The van der Waals surface area contributed by atoms with Gasteiger partial charge in [-0.3, -0.25) is 9.59 Å². The van der Waals surface area contributed by atoms with Crippen molar-refractivity contribution < 1.29 is 9.59 Å². The quantitative estimate of drug-likeness (QED) is 0.667. The molecule has 1 rings (SSSR count). The first-order chi connectivity index (χ1) is 7.09. The standard InChI is InChI=1S/C12H21NO2/c1-10(14)8-12(15)13(2)9-11-6-4-3-5-7-11/h11H,3-9H2,1-2H3. The molecule has 0 atom stereocenters. The summed E-state index contributed by atoms with van der Waals surface area (Å²) in [4.78, 5) is 24.1. The van der Waals surface area contributed by atoms with Crippen LogP contribution in [0.2, 0.25) is 0 Å². The monoisotopic (exact) mass is 211 g/mol. The fourth-order valence-electron chi connectivity index (χ4n) is 2.21. The zero-order valence-electron chi connectivity index (χ0n) is 9.79. The molecule has 3 heteroatoms. The molecule has 1 aliphatic carbocycles. The van der Waals surface area contributed by atoms with Gasteiger partial charge in [0.1, 0.15) is 5.78 Å². The van der Waals surface area contributed by atoms with Gasteiger partial charge in [0, 0.05) is 13.6 Å². The van der Waals surface area contributed by atoms with Gasteiger partial charge in [-0.05, 0) is 25.7 Å². The molecule has 0 saturated heterocycles. The van der Waals surface area contributed by atoms with Gasteiger partial charge in [0.25, 0.3) is 0 Å². The van der Waals surface area contributed by atoms with Crippen LogP contribution in [0.25, 0.3) is 0 Å². The Morgan fingerprint density at radius 2 is 1.80 bits per heavy atom. The molecule has 3 nitrogen and oxygen atoms in total. The lowest BCUT2D eigenvalue weighted by Gasteiger charge is -2.26. The average molecular weight is 211 g/mol. The molecule has 0 aromatic rings. The summed E-state index contributed by atoms with van der Waals surface area (Å²) in [7, 11) is 1.81. The van der Waals surface area contributed by atoms with E-state index in [-0.39, 0.29) is 18.1 Å². The molecule has 0 bridgehead atoms. The van der Waals surface area contributed by atoms with Crippen LogP contribution in [0.5, 0.6) is 0 Å². The lowest BCUT2D eigenvalue weighted by Crippen LogP contribution is -2.33. The number of carbonyl (C=O) groups is 2. The van der Waals surface area contributed by atoms with Crippen molar-refractivity contribution in [1.29, 1.82) is 0 Å². The Balaban J connectivity index is 2.29. The molecule has 0 aromatic heterocycles. The Labute approximate surface area is 91.8 Å². The molecule has 86 valence electrons. The summed E-state index contributed by atoms with van der Waals surface area (Å²) in [5, 5.41) is 0. The van der Waals surface area contributed by atoms with Crippen LogP contribution in [0.3, 0.4) is 0 Å². The maximum Gasteiger partial charge on any atom is 0.229 e. The Bertz CT molecular complexity index is 232. The third kappa shape index (κ3) is 4.45. The highest BCUT2D eigenvalue weighted by atomic mass is 16.2. The lowest BCUT2D eigenvalue weighted by molar-refractivity contribution is -0.134. The molecule has 0 heterocycles. The predicted molar refractivity (Wildman–Crippen MR) is 59.5 cm³/mol. The zero-order valence-corrected chi connectivity index (χ0v) is 9.79. The van der Waals surface area contributed by atoms with Crippen molar-refractivity contribution in [2.75, 3.05) is 13.6 Å². The second kappa shape index (κ2) is 5.89. The van der Waals surface area contributed by atoms with Crippen LogP contribution >= 0.6 is 0 Å². The van der Waals surface area contributed by atoms with Crippen molar-refractivity contribution in [3.05, 3.63) is 0 Å². The Kier molecular flexibility index (Phi) is 4.79. The second-order valence-corrected chi connectivity index (χ2v) is 4.66. The third-order valence-corrected chi connectivity index (χ3v) is 3.08. The van der Waals surface area contributed by atoms with Gasteiger partial charge < -0.3 is 4.90 Å². The molecule has 1 amide bonds. The molecule has 15 heavy (non-hydrogen) atoms. The number of Topliss-reactive ketones (excluding diaryl/α,β-unsaturated/α-hetero) is 1. The van der Waals surface area contributed by atoms with Gasteiger partial charge >= 0.3 is 0 Å². The smallest absolute Gasteiger partial charge is 0.229 e.